The van der Waals surface area contributed by atoms with E-state index in [4.69, 9.17) is 0 Å². The van der Waals surface area contributed by atoms with E-state index >= 15 is 0 Å². The van der Waals surface area contributed by atoms with E-state index in [1.54, 1.807) is 5.19 Å². The minimum atomic E-state index is -0.653. The molecule has 0 heterocycles. The number of unbranched alkanes of at least 4 members (excludes halogenated alkanes) is 15. The van der Waals surface area contributed by atoms with Crippen molar-refractivity contribution in [3.63, 3.8) is 0 Å². The first-order valence-corrected chi connectivity index (χ1v) is 14.4. The van der Waals surface area contributed by atoms with E-state index in [2.05, 4.69) is 43.8 Å². The number of hydrogen-bond acceptors (Lipinski definition) is 0. The van der Waals surface area contributed by atoms with Gasteiger partial charge in [-0.2, -0.15) is 0 Å². The van der Waals surface area contributed by atoms with Crippen LogP contribution in [0.1, 0.15) is 110 Å². The second-order valence-electron chi connectivity index (χ2n) is 8.40. The molecule has 0 N–H and O–H groups in total. The first-order chi connectivity index (χ1) is 12.8. The summed E-state index contributed by atoms with van der Waals surface area (Å²) < 4.78 is 0. The van der Waals surface area contributed by atoms with Crippen molar-refractivity contribution in [2.75, 3.05) is 0 Å². The first kappa shape index (κ1) is 23.5. The lowest BCUT2D eigenvalue weighted by atomic mass is 10.0. The van der Waals surface area contributed by atoms with Gasteiger partial charge in [-0.25, -0.2) is 0 Å². The third-order valence-corrected chi connectivity index (χ3v) is 8.66. The maximum absolute atomic E-state index is 2.51. The Hall–Kier alpha value is -0.563. The molecule has 1 aromatic rings. The summed E-state index contributed by atoms with van der Waals surface area (Å²) in [4.78, 5) is 0. The Bertz CT molecular complexity index is 386. The van der Waals surface area contributed by atoms with Gasteiger partial charge < -0.3 is 0 Å². The zero-order valence-corrected chi connectivity index (χ0v) is 19.1. The highest BCUT2D eigenvalue weighted by Gasteiger charge is 2.05. The van der Waals surface area contributed by atoms with Gasteiger partial charge in [0.25, 0.3) is 0 Å². The van der Waals surface area contributed by atoms with Gasteiger partial charge in [0.15, 0.2) is 0 Å². The van der Waals surface area contributed by atoms with Crippen molar-refractivity contribution < 1.29 is 0 Å². The van der Waals surface area contributed by atoms with Gasteiger partial charge in [-0.05, 0) is 0 Å². The molecule has 1 aromatic carbocycles. The van der Waals surface area contributed by atoms with Crippen molar-refractivity contribution in [3.8, 4) is 0 Å². The van der Waals surface area contributed by atoms with Crippen LogP contribution in [0.5, 0.6) is 0 Å². The molecule has 0 aliphatic heterocycles. The highest BCUT2D eigenvalue weighted by atomic mass is 28.3. The normalized spacial score (nSPS) is 12.4. The average molecular weight is 375 g/mol. The van der Waals surface area contributed by atoms with Gasteiger partial charge in [-0.3, -0.25) is 0 Å². The first-order valence-electron chi connectivity index (χ1n) is 11.9. The van der Waals surface area contributed by atoms with E-state index in [-0.39, 0.29) is 0 Å². The lowest BCUT2D eigenvalue weighted by molar-refractivity contribution is 0.531. The van der Waals surface area contributed by atoms with Gasteiger partial charge in [-0.1, -0.05) is 158 Å². The van der Waals surface area contributed by atoms with Crippen LogP contribution in [-0.2, 0) is 0 Å². The fourth-order valence-electron chi connectivity index (χ4n) is 3.95. The maximum atomic E-state index is 2.51. The molecule has 0 fully saturated rings. The van der Waals surface area contributed by atoms with Crippen molar-refractivity contribution in [2.24, 2.45) is 0 Å². The summed E-state index contributed by atoms with van der Waals surface area (Å²) in [5.74, 6) is 0. The van der Waals surface area contributed by atoms with Crippen molar-refractivity contribution in [1.29, 1.82) is 0 Å². The molecule has 0 amide bonds. The van der Waals surface area contributed by atoms with Gasteiger partial charge in [-0.15, -0.1) is 0 Å². The average Bonchev–Trinajstić information content (AvgIpc) is 2.68. The predicted octanol–water partition coefficient (Wildman–Crippen LogP) is 8.01. The van der Waals surface area contributed by atoms with Crippen LogP contribution in [0.15, 0.2) is 30.3 Å². The second-order valence-corrected chi connectivity index (χ2v) is 11.4. The van der Waals surface area contributed by atoms with Crippen LogP contribution in [0.4, 0.5) is 0 Å². The van der Waals surface area contributed by atoms with Crippen molar-refractivity contribution >= 4 is 14.0 Å². The zero-order chi connectivity index (χ0) is 18.7. The molecule has 0 aliphatic carbocycles. The summed E-state index contributed by atoms with van der Waals surface area (Å²) in [6.07, 6.45) is 23.4. The lowest BCUT2D eigenvalue weighted by Crippen LogP contribution is -2.25. The predicted molar refractivity (Wildman–Crippen MR) is 123 cm³/mol. The molecule has 1 heteroatoms. The van der Waals surface area contributed by atoms with E-state index in [0.29, 0.717) is 0 Å². The molecule has 1 atom stereocenters. The minimum Gasteiger partial charge on any atom is -0.0680 e. The molecule has 0 nitrogen and oxygen atoms in total. The third kappa shape index (κ3) is 13.6. The molecule has 0 saturated carbocycles. The standard InChI is InChI=1S/C25H46Si/c1-3-4-5-6-7-8-9-10-11-12-13-14-15-16-17-21-24-26(2)25-22-19-18-20-23-25/h18-20,22-23,26H,3-17,21,24H2,1-2H3. The molecule has 0 spiro atoms. The van der Waals surface area contributed by atoms with Crippen molar-refractivity contribution in [2.45, 2.75) is 122 Å². The summed E-state index contributed by atoms with van der Waals surface area (Å²) in [7, 11) is -0.653. The third-order valence-electron chi connectivity index (χ3n) is 5.86. The van der Waals surface area contributed by atoms with E-state index < -0.39 is 8.80 Å². The summed E-state index contributed by atoms with van der Waals surface area (Å²) >= 11 is 0. The van der Waals surface area contributed by atoms with Gasteiger partial charge in [0.05, 0.1) is 8.80 Å². The number of benzene rings is 1. The molecular formula is C25H46Si. The molecule has 0 aliphatic rings. The smallest absolute Gasteiger partial charge is 0.0677 e. The summed E-state index contributed by atoms with van der Waals surface area (Å²) in [5, 5.41) is 1.65. The molecule has 1 rings (SSSR count). The Kier molecular flexibility index (Phi) is 16.1. The molecule has 1 unspecified atom stereocenters. The van der Waals surface area contributed by atoms with Crippen LogP contribution < -0.4 is 5.19 Å². The fourth-order valence-corrected chi connectivity index (χ4v) is 6.06. The Morgan fingerprint density at radius 1 is 0.538 bits per heavy atom. The molecule has 150 valence electrons. The topological polar surface area (TPSA) is 0 Å². The highest BCUT2D eigenvalue weighted by molar-refractivity contribution is 6.71. The quantitative estimate of drug-likeness (QED) is 0.180. The van der Waals surface area contributed by atoms with Crippen molar-refractivity contribution in [3.05, 3.63) is 30.3 Å². The Balaban J connectivity index is 1.76. The van der Waals surface area contributed by atoms with Gasteiger partial charge in [0.2, 0.25) is 0 Å². The highest BCUT2D eigenvalue weighted by Crippen LogP contribution is 2.14. The summed E-state index contributed by atoms with van der Waals surface area (Å²) in [6.45, 7) is 4.81. The molecule has 26 heavy (non-hydrogen) atoms. The van der Waals surface area contributed by atoms with Gasteiger partial charge in [0.1, 0.15) is 0 Å². The Morgan fingerprint density at radius 2 is 0.923 bits per heavy atom. The van der Waals surface area contributed by atoms with Crippen LogP contribution in [-0.4, -0.2) is 8.80 Å². The van der Waals surface area contributed by atoms with Crippen LogP contribution in [0.3, 0.4) is 0 Å². The Morgan fingerprint density at radius 3 is 1.35 bits per heavy atom. The SMILES string of the molecule is CCCCCCCCCCCCCCCCCC[SiH](C)c1ccccc1. The molecule has 0 bridgehead atoms. The number of hydrogen-bond donors (Lipinski definition) is 0. The molecule has 0 aromatic heterocycles. The molecule has 0 radical (unpaired) electrons. The molecular weight excluding hydrogens is 328 g/mol. The zero-order valence-electron chi connectivity index (χ0n) is 18.0. The second kappa shape index (κ2) is 17.8. The summed E-state index contributed by atoms with van der Waals surface area (Å²) in [5.41, 5.74) is 0. The maximum Gasteiger partial charge on any atom is 0.0677 e. The van der Waals surface area contributed by atoms with Crippen LogP contribution in [0.25, 0.3) is 0 Å². The van der Waals surface area contributed by atoms with Crippen molar-refractivity contribution in [1.82, 2.24) is 0 Å². The minimum absolute atomic E-state index is 0.653. The summed E-state index contributed by atoms with van der Waals surface area (Å²) in [6, 6.07) is 12.7. The Labute approximate surface area is 166 Å². The van der Waals surface area contributed by atoms with Gasteiger partial charge >= 0.3 is 0 Å². The van der Waals surface area contributed by atoms with E-state index in [1.165, 1.54) is 109 Å². The van der Waals surface area contributed by atoms with Crippen LogP contribution in [0, 0.1) is 0 Å². The lowest BCUT2D eigenvalue weighted by Gasteiger charge is -2.09. The molecule has 0 saturated heterocycles. The fraction of sp³-hybridized carbons (Fsp3) is 0.760. The van der Waals surface area contributed by atoms with E-state index in [0.717, 1.165) is 0 Å². The largest absolute Gasteiger partial charge is 0.0680 e. The van der Waals surface area contributed by atoms with E-state index in [9.17, 15) is 0 Å². The van der Waals surface area contributed by atoms with E-state index in [1.807, 2.05) is 0 Å². The van der Waals surface area contributed by atoms with Gasteiger partial charge in [0, 0.05) is 0 Å². The monoisotopic (exact) mass is 374 g/mol. The van der Waals surface area contributed by atoms with Crippen LogP contribution >= 0.6 is 0 Å². The number of rotatable bonds is 18. The van der Waals surface area contributed by atoms with Crippen LogP contribution in [0.2, 0.25) is 12.6 Å².